The topological polar surface area (TPSA) is 79.4 Å². The predicted octanol–water partition coefficient (Wildman–Crippen LogP) is 3.29. The van der Waals surface area contributed by atoms with Crippen LogP contribution >= 0.6 is 0 Å². The third kappa shape index (κ3) is 5.13. The molecule has 1 fully saturated rings. The quantitative estimate of drug-likeness (QED) is 0.736. The molecule has 0 spiro atoms. The molecule has 1 atom stereocenters. The number of carbonyl (C=O) groups excluding carboxylic acids is 1. The molecule has 29 heavy (non-hydrogen) atoms. The van der Waals surface area contributed by atoms with Crippen LogP contribution in [0, 0.1) is 0 Å². The molecule has 2 aromatic rings. The molecule has 6 nitrogen and oxygen atoms in total. The van der Waals surface area contributed by atoms with E-state index in [-0.39, 0.29) is 16.5 Å². The first-order valence-corrected chi connectivity index (χ1v) is 10.4. The molecule has 0 aliphatic heterocycles. The number of carbonyl (C=O) groups is 1. The standard InChI is InChI=1S/C19H20F3N3O3S/c1-13(17-4-2-3-11-23-17)25(15-7-8-15)29(27,28)16-9-5-14(6-10-16)18(26)24-12-19(20,21)22/h2-6,9-11,13,15H,7-8,12H2,1H3,(H,24,26). The van der Waals surface area contributed by atoms with E-state index in [1.807, 2.05) is 0 Å². The second kappa shape index (κ2) is 8.11. The first kappa shape index (κ1) is 21.3. The second-order valence-corrected chi connectivity index (χ2v) is 8.66. The van der Waals surface area contributed by atoms with Crippen molar-refractivity contribution in [2.75, 3.05) is 6.54 Å². The Balaban J connectivity index is 1.81. The lowest BCUT2D eigenvalue weighted by Crippen LogP contribution is -2.36. The fourth-order valence-corrected chi connectivity index (χ4v) is 4.84. The summed E-state index contributed by atoms with van der Waals surface area (Å²) >= 11 is 0. The number of aromatic nitrogens is 1. The zero-order chi connectivity index (χ0) is 21.2. The van der Waals surface area contributed by atoms with Gasteiger partial charge in [-0.25, -0.2) is 8.42 Å². The molecule has 0 bridgehead atoms. The number of hydrogen-bond acceptors (Lipinski definition) is 4. The summed E-state index contributed by atoms with van der Waals surface area (Å²) in [7, 11) is -3.88. The Morgan fingerprint density at radius 1 is 1.21 bits per heavy atom. The average Bonchev–Trinajstić information content (AvgIpc) is 3.51. The fourth-order valence-electron chi connectivity index (χ4n) is 2.99. The average molecular weight is 427 g/mol. The zero-order valence-corrected chi connectivity index (χ0v) is 16.4. The predicted molar refractivity (Wildman–Crippen MR) is 99.5 cm³/mol. The molecule has 1 saturated carbocycles. The maximum Gasteiger partial charge on any atom is 0.405 e. The first-order chi connectivity index (χ1) is 13.6. The molecule has 156 valence electrons. The number of nitrogens with zero attached hydrogens (tertiary/aromatic N) is 2. The number of amides is 1. The Morgan fingerprint density at radius 2 is 1.86 bits per heavy atom. The molecule has 1 aromatic heterocycles. The zero-order valence-electron chi connectivity index (χ0n) is 15.6. The van der Waals surface area contributed by atoms with Crippen LogP contribution in [-0.2, 0) is 10.0 Å². The molecule has 0 radical (unpaired) electrons. The molecular formula is C19H20F3N3O3S. The van der Waals surface area contributed by atoms with Gasteiger partial charge in [0.1, 0.15) is 6.54 Å². The van der Waals surface area contributed by atoms with Crippen LogP contribution in [0.1, 0.15) is 41.9 Å². The van der Waals surface area contributed by atoms with Crippen molar-refractivity contribution in [3.05, 3.63) is 59.9 Å². The molecular weight excluding hydrogens is 407 g/mol. The van der Waals surface area contributed by atoms with Gasteiger partial charge in [-0.15, -0.1) is 0 Å². The van der Waals surface area contributed by atoms with Crippen molar-refractivity contribution in [3.8, 4) is 0 Å². The summed E-state index contributed by atoms with van der Waals surface area (Å²) in [6.07, 6.45) is -1.44. The summed E-state index contributed by atoms with van der Waals surface area (Å²) in [4.78, 5) is 16.0. The molecule has 1 amide bonds. The van der Waals surface area contributed by atoms with Crippen LogP contribution < -0.4 is 5.32 Å². The van der Waals surface area contributed by atoms with Crippen LogP contribution in [0.4, 0.5) is 13.2 Å². The van der Waals surface area contributed by atoms with Gasteiger partial charge in [-0.2, -0.15) is 17.5 Å². The van der Waals surface area contributed by atoms with Crippen molar-refractivity contribution in [2.24, 2.45) is 0 Å². The summed E-state index contributed by atoms with van der Waals surface area (Å²) in [5.74, 6) is -0.924. The molecule has 10 heteroatoms. The van der Waals surface area contributed by atoms with Crippen molar-refractivity contribution in [2.45, 2.75) is 42.9 Å². The van der Waals surface area contributed by atoms with E-state index in [1.165, 1.54) is 28.6 Å². The van der Waals surface area contributed by atoms with Crippen LogP contribution in [0.15, 0.2) is 53.6 Å². The van der Waals surface area contributed by atoms with Gasteiger partial charge in [0.05, 0.1) is 16.6 Å². The van der Waals surface area contributed by atoms with E-state index >= 15 is 0 Å². The normalized spacial score (nSPS) is 15.9. The maximum atomic E-state index is 13.2. The number of benzene rings is 1. The Hall–Kier alpha value is -2.46. The minimum atomic E-state index is -4.52. The van der Waals surface area contributed by atoms with Gasteiger partial charge in [-0.3, -0.25) is 9.78 Å². The lowest BCUT2D eigenvalue weighted by atomic mass is 10.2. The minimum absolute atomic E-state index is 0.0282. The Labute approximate surface area is 166 Å². The monoisotopic (exact) mass is 427 g/mol. The van der Waals surface area contributed by atoms with Crippen molar-refractivity contribution in [3.63, 3.8) is 0 Å². The molecule has 1 N–H and O–H groups in total. The van der Waals surface area contributed by atoms with Crippen molar-refractivity contribution in [1.29, 1.82) is 0 Å². The van der Waals surface area contributed by atoms with Gasteiger partial charge >= 0.3 is 6.18 Å². The number of pyridine rings is 1. The summed E-state index contributed by atoms with van der Waals surface area (Å²) < 4.78 is 64.5. The smallest absolute Gasteiger partial charge is 0.343 e. The summed E-state index contributed by atoms with van der Waals surface area (Å²) in [6, 6.07) is 9.54. The minimum Gasteiger partial charge on any atom is -0.343 e. The molecule has 1 unspecified atom stereocenters. The van der Waals surface area contributed by atoms with Crippen molar-refractivity contribution in [1.82, 2.24) is 14.6 Å². The first-order valence-electron chi connectivity index (χ1n) is 8.99. The molecule has 1 aromatic carbocycles. The molecule has 1 heterocycles. The summed E-state index contributed by atoms with van der Waals surface area (Å²) in [6.45, 7) is 0.306. The highest BCUT2D eigenvalue weighted by molar-refractivity contribution is 7.89. The van der Waals surface area contributed by atoms with Gasteiger partial charge < -0.3 is 5.32 Å². The van der Waals surface area contributed by atoms with E-state index in [0.717, 1.165) is 12.8 Å². The number of hydrogen-bond donors (Lipinski definition) is 1. The summed E-state index contributed by atoms with van der Waals surface area (Å²) in [5, 5.41) is 1.76. The fraction of sp³-hybridized carbons (Fsp3) is 0.368. The lowest BCUT2D eigenvalue weighted by molar-refractivity contribution is -0.123. The van der Waals surface area contributed by atoms with Gasteiger partial charge in [0, 0.05) is 17.8 Å². The number of alkyl halides is 3. The van der Waals surface area contributed by atoms with Gasteiger partial charge in [0.15, 0.2) is 0 Å². The SMILES string of the molecule is CC(c1ccccn1)N(C1CC1)S(=O)(=O)c1ccc(C(=O)NCC(F)(F)F)cc1. The van der Waals surface area contributed by atoms with Crippen LogP contribution in [0.3, 0.4) is 0 Å². The highest BCUT2D eigenvalue weighted by Crippen LogP contribution is 2.38. The van der Waals surface area contributed by atoms with Gasteiger partial charge in [0.2, 0.25) is 10.0 Å². The number of rotatable bonds is 7. The third-order valence-electron chi connectivity index (χ3n) is 4.55. The van der Waals surface area contributed by atoms with Gasteiger partial charge in [-0.1, -0.05) is 6.07 Å². The van der Waals surface area contributed by atoms with E-state index in [1.54, 1.807) is 36.6 Å². The van der Waals surface area contributed by atoms with Crippen molar-refractivity contribution >= 4 is 15.9 Å². The van der Waals surface area contributed by atoms with E-state index in [9.17, 15) is 26.4 Å². The van der Waals surface area contributed by atoms with Crippen LogP contribution in [0.5, 0.6) is 0 Å². The van der Waals surface area contributed by atoms with Crippen LogP contribution in [0.2, 0.25) is 0 Å². The molecule has 1 aliphatic carbocycles. The lowest BCUT2D eigenvalue weighted by Gasteiger charge is -2.28. The molecule has 1 aliphatic rings. The molecule has 0 saturated heterocycles. The van der Waals surface area contributed by atoms with Gasteiger partial charge in [0.25, 0.3) is 5.91 Å². The van der Waals surface area contributed by atoms with Crippen molar-refractivity contribution < 1.29 is 26.4 Å². The Bertz CT molecular complexity index is 960. The largest absolute Gasteiger partial charge is 0.405 e. The van der Waals surface area contributed by atoms with Crippen LogP contribution in [-0.4, -0.2) is 42.4 Å². The van der Waals surface area contributed by atoms with E-state index < -0.39 is 34.7 Å². The summed E-state index contributed by atoms with van der Waals surface area (Å²) in [5.41, 5.74) is 0.565. The number of halogens is 3. The molecule has 3 rings (SSSR count). The Kier molecular flexibility index (Phi) is 5.95. The van der Waals surface area contributed by atoms with Gasteiger partial charge in [-0.05, 0) is 56.2 Å². The highest BCUT2D eigenvalue weighted by atomic mass is 32.2. The Morgan fingerprint density at radius 3 is 2.38 bits per heavy atom. The number of nitrogens with one attached hydrogen (secondary N) is 1. The second-order valence-electron chi connectivity index (χ2n) is 6.82. The maximum absolute atomic E-state index is 13.2. The van der Waals surface area contributed by atoms with E-state index in [2.05, 4.69) is 4.98 Å². The number of sulfonamides is 1. The van der Waals surface area contributed by atoms with Crippen LogP contribution in [0.25, 0.3) is 0 Å². The van der Waals surface area contributed by atoms with E-state index in [0.29, 0.717) is 5.69 Å². The third-order valence-corrected chi connectivity index (χ3v) is 6.58. The highest BCUT2D eigenvalue weighted by Gasteiger charge is 2.42. The van der Waals surface area contributed by atoms with E-state index in [4.69, 9.17) is 0 Å².